The highest BCUT2D eigenvalue weighted by molar-refractivity contribution is 7.10. The molecule has 1 unspecified atom stereocenters. The van der Waals surface area contributed by atoms with Crippen LogP contribution in [-0.2, 0) is 9.53 Å². The van der Waals surface area contributed by atoms with Gasteiger partial charge in [0.25, 0.3) is 5.56 Å². The topological polar surface area (TPSA) is 79.1 Å². The van der Waals surface area contributed by atoms with Crippen molar-refractivity contribution in [2.75, 3.05) is 13.7 Å². The molecule has 0 radical (unpaired) electrons. The number of benzene rings is 1. The van der Waals surface area contributed by atoms with Gasteiger partial charge in [0.15, 0.2) is 16.3 Å². The standard InChI is InChI=1S/C27H30N2O5S2/c1-6-7-12-33-19-11-10-18(14-20(19)32-5)15-22-25(30)29-24(21-9-8-13-35-21)23(26(31)34-16(2)3)17(4)28-27(29)36-22/h8-11,13-16,24H,6-7,12H2,1-5H3/b22-15+. The number of allylic oxidation sites excluding steroid dienone is 1. The second-order valence-corrected chi connectivity index (χ2v) is 10.7. The zero-order valence-electron chi connectivity index (χ0n) is 21.1. The van der Waals surface area contributed by atoms with Gasteiger partial charge in [-0.2, -0.15) is 0 Å². The molecule has 3 heterocycles. The summed E-state index contributed by atoms with van der Waals surface area (Å²) < 4.78 is 19.0. The monoisotopic (exact) mass is 526 g/mol. The summed E-state index contributed by atoms with van der Waals surface area (Å²) >= 11 is 2.79. The van der Waals surface area contributed by atoms with Gasteiger partial charge in [0.2, 0.25) is 0 Å². The first-order valence-electron chi connectivity index (χ1n) is 11.9. The molecule has 1 atom stereocenters. The van der Waals surface area contributed by atoms with Gasteiger partial charge in [-0.25, -0.2) is 9.79 Å². The van der Waals surface area contributed by atoms with Gasteiger partial charge in [-0.3, -0.25) is 9.36 Å². The Hall–Kier alpha value is -3.17. The van der Waals surface area contributed by atoms with Crippen molar-refractivity contribution < 1.29 is 19.0 Å². The zero-order valence-corrected chi connectivity index (χ0v) is 22.7. The van der Waals surface area contributed by atoms with Gasteiger partial charge in [-0.05, 0) is 62.4 Å². The van der Waals surface area contributed by atoms with E-state index in [1.807, 2.05) is 41.8 Å². The molecule has 3 aromatic rings. The zero-order chi connectivity index (χ0) is 25.8. The van der Waals surface area contributed by atoms with Crippen molar-refractivity contribution >= 4 is 34.7 Å². The van der Waals surface area contributed by atoms with Crippen LogP contribution in [0.1, 0.15) is 57.0 Å². The van der Waals surface area contributed by atoms with E-state index in [0.29, 0.717) is 38.7 Å². The smallest absolute Gasteiger partial charge is 0.338 e. The molecule has 0 bridgehead atoms. The lowest BCUT2D eigenvalue weighted by Gasteiger charge is -2.24. The minimum absolute atomic E-state index is 0.207. The number of esters is 1. The average molecular weight is 527 g/mol. The Balaban J connectivity index is 1.79. The van der Waals surface area contributed by atoms with Crippen LogP contribution in [-0.4, -0.2) is 30.4 Å². The Morgan fingerprint density at radius 3 is 2.72 bits per heavy atom. The average Bonchev–Trinajstić information content (AvgIpc) is 3.47. The molecule has 4 rings (SSSR count). The summed E-state index contributed by atoms with van der Waals surface area (Å²) in [5.41, 5.74) is 1.55. The largest absolute Gasteiger partial charge is 0.493 e. The fourth-order valence-electron chi connectivity index (χ4n) is 3.95. The molecule has 190 valence electrons. The van der Waals surface area contributed by atoms with Crippen LogP contribution in [0, 0.1) is 0 Å². The molecule has 0 saturated heterocycles. The summed E-state index contributed by atoms with van der Waals surface area (Å²) in [4.78, 5) is 32.8. The van der Waals surface area contributed by atoms with Crippen molar-refractivity contribution in [1.29, 1.82) is 0 Å². The van der Waals surface area contributed by atoms with Crippen LogP contribution in [0.4, 0.5) is 0 Å². The first-order chi connectivity index (χ1) is 17.3. The fourth-order valence-corrected chi connectivity index (χ4v) is 5.82. The van der Waals surface area contributed by atoms with Crippen LogP contribution in [0.15, 0.2) is 56.8 Å². The van der Waals surface area contributed by atoms with E-state index in [9.17, 15) is 9.59 Å². The number of hydrogen-bond acceptors (Lipinski definition) is 8. The molecule has 0 fully saturated rings. The molecule has 0 aliphatic carbocycles. The Morgan fingerprint density at radius 1 is 1.25 bits per heavy atom. The van der Waals surface area contributed by atoms with Crippen LogP contribution in [0.5, 0.6) is 11.5 Å². The number of rotatable bonds is 9. The third-order valence-electron chi connectivity index (χ3n) is 5.64. The Morgan fingerprint density at radius 2 is 2.06 bits per heavy atom. The van der Waals surface area contributed by atoms with Crippen molar-refractivity contribution in [2.45, 2.75) is 52.7 Å². The molecule has 1 aliphatic heterocycles. The number of unbranched alkanes of at least 4 members (excludes halogenated alkanes) is 1. The second-order valence-electron chi connectivity index (χ2n) is 8.66. The van der Waals surface area contributed by atoms with E-state index < -0.39 is 12.0 Å². The van der Waals surface area contributed by atoms with E-state index in [1.165, 1.54) is 22.7 Å². The highest BCUT2D eigenvalue weighted by atomic mass is 32.1. The highest BCUT2D eigenvalue weighted by Crippen LogP contribution is 2.33. The third-order valence-corrected chi connectivity index (χ3v) is 7.55. The van der Waals surface area contributed by atoms with Gasteiger partial charge in [-0.15, -0.1) is 11.3 Å². The van der Waals surface area contributed by atoms with Crippen molar-refractivity contribution in [1.82, 2.24) is 4.57 Å². The van der Waals surface area contributed by atoms with E-state index in [0.717, 1.165) is 23.3 Å². The molecule has 0 N–H and O–H groups in total. The molecule has 36 heavy (non-hydrogen) atoms. The number of methoxy groups -OCH3 is 1. The van der Waals surface area contributed by atoms with Gasteiger partial charge in [-0.1, -0.05) is 36.8 Å². The maximum absolute atomic E-state index is 13.7. The summed E-state index contributed by atoms with van der Waals surface area (Å²) in [7, 11) is 1.60. The number of ether oxygens (including phenoxy) is 3. The Kier molecular flexibility index (Phi) is 8.11. The van der Waals surface area contributed by atoms with Crippen LogP contribution in [0.3, 0.4) is 0 Å². The lowest BCUT2D eigenvalue weighted by molar-refractivity contribution is -0.143. The van der Waals surface area contributed by atoms with Crippen molar-refractivity contribution in [3.8, 4) is 11.5 Å². The molecule has 2 aromatic heterocycles. The van der Waals surface area contributed by atoms with Crippen LogP contribution in [0.25, 0.3) is 6.08 Å². The SMILES string of the molecule is CCCCOc1ccc(/C=c2/sc3n(c2=O)C(c2cccs2)C(C(=O)OC(C)C)=C(C)N=3)cc1OC. The first-order valence-corrected chi connectivity index (χ1v) is 13.6. The molecule has 0 amide bonds. The predicted molar refractivity (Wildman–Crippen MR) is 143 cm³/mol. The summed E-state index contributed by atoms with van der Waals surface area (Å²) in [5, 5.41) is 1.93. The lowest BCUT2D eigenvalue weighted by Crippen LogP contribution is -2.39. The van der Waals surface area contributed by atoms with Gasteiger partial charge in [0.05, 0.1) is 35.6 Å². The third kappa shape index (κ3) is 5.32. The van der Waals surface area contributed by atoms with E-state index in [4.69, 9.17) is 14.2 Å². The van der Waals surface area contributed by atoms with Crippen molar-refractivity contribution in [3.63, 3.8) is 0 Å². The van der Waals surface area contributed by atoms with Gasteiger partial charge >= 0.3 is 5.97 Å². The molecule has 1 aliphatic rings. The van der Waals surface area contributed by atoms with Crippen molar-refractivity contribution in [3.05, 3.63) is 77.1 Å². The normalized spacial score (nSPS) is 15.6. The summed E-state index contributed by atoms with van der Waals surface area (Å²) in [6, 6.07) is 8.86. The Bertz CT molecular complexity index is 1450. The summed E-state index contributed by atoms with van der Waals surface area (Å²) in [6.07, 6.45) is 3.54. The molecule has 0 saturated carbocycles. The molecule has 0 spiro atoms. The number of hydrogen-bond donors (Lipinski definition) is 0. The van der Waals surface area contributed by atoms with Gasteiger partial charge < -0.3 is 14.2 Å². The molecular weight excluding hydrogens is 496 g/mol. The van der Waals surface area contributed by atoms with E-state index in [1.54, 1.807) is 32.4 Å². The minimum atomic E-state index is -0.585. The molecule has 7 nitrogen and oxygen atoms in total. The Labute approximate surface area is 218 Å². The van der Waals surface area contributed by atoms with Crippen LogP contribution >= 0.6 is 22.7 Å². The fraction of sp³-hybridized carbons (Fsp3) is 0.370. The van der Waals surface area contributed by atoms with Crippen LogP contribution < -0.4 is 24.4 Å². The number of thiophene rings is 1. The lowest BCUT2D eigenvalue weighted by atomic mass is 10.0. The minimum Gasteiger partial charge on any atom is -0.493 e. The second kappa shape index (κ2) is 11.3. The summed E-state index contributed by atoms with van der Waals surface area (Å²) in [6.45, 7) is 8.13. The number of fused-ring (bicyclic) bond motifs is 1. The number of aromatic nitrogens is 1. The van der Waals surface area contributed by atoms with Crippen LogP contribution in [0.2, 0.25) is 0 Å². The van der Waals surface area contributed by atoms with E-state index in [-0.39, 0.29) is 11.7 Å². The number of thiazole rings is 1. The maximum Gasteiger partial charge on any atom is 0.338 e. The summed E-state index contributed by atoms with van der Waals surface area (Å²) in [5.74, 6) is 0.826. The van der Waals surface area contributed by atoms with Gasteiger partial charge in [0, 0.05) is 4.88 Å². The predicted octanol–water partition coefficient (Wildman–Crippen LogP) is 4.44. The first kappa shape index (κ1) is 25.9. The van der Waals surface area contributed by atoms with Crippen molar-refractivity contribution in [2.24, 2.45) is 4.99 Å². The van der Waals surface area contributed by atoms with E-state index >= 15 is 0 Å². The number of carbonyl (C=O) groups excluding carboxylic acids is 1. The quantitative estimate of drug-likeness (QED) is 0.304. The molecule has 9 heteroatoms. The highest BCUT2D eigenvalue weighted by Gasteiger charge is 2.34. The van der Waals surface area contributed by atoms with Gasteiger partial charge in [0.1, 0.15) is 6.04 Å². The molecule has 1 aromatic carbocycles. The maximum atomic E-state index is 13.7. The van der Waals surface area contributed by atoms with E-state index in [2.05, 4.69) is 11.9 Å². The molecular formula is C27H30N2O5S2. The number of nitrogens with zero attached hydrogens (tertiary/aromatic N) is 2. The number of carbonyl (C=O) groups is 1.